The third-order valence-corrected chi connectivity index (χ3v) is 6.21. The van der Waals surface area contributed by atoms with Crippen molar-refractivity contribution in [2.24, 2.45) is 0 Å². The van der Waals surface area contributed by atoms with Crippen molar-refractivity contribution in [3.8, 4) is 11.1 Å². The smallest absolute Gasteiger partial charge is 0.178 e. The van der Waals surface area contributed by atoms with E-state index in [1.165, 1.54) is 6.07 Å². The maximum Gasteiger partial charge on any atom is 0.178 e. The molecule has 33 heavy (non-hydrogen) atoms. The van der Waals surface area contributed by atoms with E-state index in [4.69, 9.17) is 0 Å². The van der Waals surface area contributed by atoms with E-state index in [9.17, 15) is 9.18 Å². The van der Waals surface area contributed by atoms with Crippen LogP contribution in [0.4, 0.5) is 4.39 Å². The van der Waals surface area contributed by atoms with Gasteiger partial charge in [-0.15, -0.1) is 0 Å². The molecule has 3 heterocycles. The maximum absolute atomic E-state index is 15.0. The Morgan fingerprint density at radius 2 is 1.94 bits per heavy atom. The van der Waals surface area contributed by atoms with Crippen LogP contribution in [0.25, 0.3) is 22.3 Å². The Hall–Kier alpha value is -3.41. The molecule has 1 aliphatic rings. The maximum atomic E-state index is 15.0. The van der Waals surface area contributed by atoms with Crippen molar-refractivity contribution in [1.82, 2.24) is 19.9 Å². The number of carbonyl (C=O) groups excluding carboxylic acids is 1. The highest BCUT2D eigenvalue weighted by Gasteiger charge is 2.27. The Bertz CT molecular complexity index is 1330. The zero-order valence-corrected chi connectivity index (χ0v) is 19.2. The normalized spacial score (nSPS) is 14.1. The molecule has 5 nitrogen and oxygen atoms in total. The number of imidazole rings is 1. The van der Waals surface area contributed by atoms with Crippen LogP contribution in [0.15, 0.2) is 48.8 Å². The number of Topliss-reactive ketones (excluding diaryl/α,β-unsaturated/α-hetero) is 1. The quantitative estimate of drug-likeness (QED) is 0.364. The molecule has 0 amide bonds. The molecule has 1 aromatic carbocycles. The number of aryl methyl sites for hydroxylation is 1. The van der Waals surface area contributed by atoms with Crippen LogP contribution in [-0.4, -0.2) is 25.7 Å². The third kappa shape index (κ3) is 4.42. The molecule has 0 aliphatic heterocycles. The standard InChI is InChI=1S/C27H27FN4O/c1-27(2,3)23-11-9-19(15-30-23)22(33)10-8-16-4-7-18(14-21(16)28)20-12-13-29-26-24(20)31-25(32-26)17-5-6-17/h4,7,9,11-15,17H,5-6,8,10H2,1-3H3,(H,29,31,32). The summed E-state index contributed by atoms with van der Waals surface area (Å²) >= 11 is 0. The van der Waals surface area contributed by atoms with E-state index < -0.39 is 0 Å². The van der Waals surface area contributed by atoms with Gasteiger partial charge in [0.2, 0.25) is 0 Å². The van der Waals surface area contributed by atoms with Crippen LogP contribution >= 0.6 is 0 Å². The summed E-state index contributed by atoms with van der Waals surface area (Å²) in [6, 6.07) is 10.8. The first kappa shape index (κ1) is 21.4. The van der Waals surface area contributed by atoms with Crippen LogP contribution in [0.3, 0.4) is 0 Å². The highest BCUT2D eigenvalue weighted by atomic mass is 19.1. The zero-order chi connectivity index (χ0) is 23.2. The summed E-state index contributed by atoms with van der Waals surface area (Å²) in [5.74, 6) is 1.11. The predicted molar refractivity (Wildman–Crippen MR) is 127 cm³/mol. The summed E-state index contributed by atoms with van der Waals surface area (Å²) in [6.45, 7) is 6.25. The molecule has 0 spiro atoms. The number of ketones is 1. The topological polar surface area (TPSA) is 71.5 Å². The van der Waals surface area contributed by atoms with E-state index >= 15 is 0 Å². The van der Waals surface area contributed by atoms with Gasteiger partial charge in [-0.25, -0.2) is 14.4 Å². The number of hydrogen-bond acceptors (Lipinski definition) is 4. The average molecular weight is 443 g/mol. The van der Waals surface area contributed by atoms with Crippen molar-refractivity contribution in [2.75, 3.05) is 0 Å². The minimum absolute atomic E-state index is 0.0349. The lowest BCUT2D eigenvalue weighted by Gasteiger charge is -2.17. The molecule has 1 N–H and O–H groups in total. The van der Waals surface area contributed by atoms with Gasteiger partial charge in [-0.05, 0) is 54.7 Å². The molecule has 0 unspecified atom stereocenters. The summed E-state index contributed by atoms with van der Waals surface area (Å²) in [5, 5.41) is 0. The van der Waals surface area contributed by atoms with E-state index in [1.807, 2.05) is 24.3 Å². The SMILES string of the molecule is CC(C)(C)c1ccc(C(=O)CCc2ccc(-c3ccnc4nc(C5CC5)[nH]c34)cc2F)cn1. The molecule has 0 bridgehead atoms. The van der Waals surface area contributed by atoms with Gasteiger partial charge >= 0.3 is 0 Å². The van der Waals surface area contributed by atoms with Gasteiger partial charge in [-0.3, -0.25) is 9.78 Å². The summed E-state index contributed by atoms with van der Waals surface area (Å²) in [4.78, 5) is 29.4. The van der Waals surface area contributed by atoms with Gasteiger partial charge in [0.15, 0.2) is 11.4 Å². The number of rotatable bonds is 6. The lowest BCUT2D eigenvalue weighted by Crippen LogP contribution is -2.14. The average Bonchev–Trinajstić information content (AvgIpc) is 3.55. The van der Waals surface area contributed by atoms with Gasteiger partial charge in [-0.1, -0.05) is 32.9 Å². The van der Waals surface area contributed by atoms with E-state index in [1.54, 1.807) is 18.5 Å². The van der Waals surface area contributed by atoms with Crippen LogP contribution in [-0.2, 0) is 11.8 Å². The summed E-state index contributed by atoms with van der Waals surface area (Å²) in [6.07, 6.45) is 6.20. The number of carbonyl (C=O) groups is 1. The Morgan fingerprint density at radius 1 is 1.12 bits per heavy atom. The van der Waals surface area contributed by atoms with Gasteiger partial charge in [0, 0.05) is 47.0 Å². The molecule has 5 rings (SSSR count). The molecule has 6 heteroatoms. The number of hydrogen-bond donors (Lipinski definition) is 1. The highest BCUT2D eigenvalue weighted by Crippen LogP contribution is 2.40. The van der Waals surface area contributed by atoms with Crippen molar-refractivity contribution in [3.05, 3.63) is 77.3 Å². The first-order valence-electron chi connectivity index (χ1n) is 11.4. The number of halogens is 1. The second-order valence-electron chi connectivity index (χ2n) is 9.86. The molecule has 3 aromatic heterocycles. The molecular formula is C27H27FN4O. The van der Waals surface area contributed by atoms with Crippen LogP contribution in [0.5, 0.6) is 0 Å². The Morgan fingerprint density at radius 3 is 2.61 bits per heavy atom. The molecule has 1 fully saturated rings. The molecular weight excluding hydrogens is 415 g/mol. The van der Waals surface area contributed by atoms with Crippen LogP contribution < -0.4 is 0 Å². The Balaban J connectivity index is 1.31. The predicted octanol–water partition coefficient (Wildman–Crippen LogP) is 6.15. The van der Waals surface area contributed by atoms with Gasteiger partial charge in [0.25, 0.3) is 0 Å². The molecule has 1 saturated carbocycles. The Labute approximate surface area is 192 Å². The minimum atomic E-state index is -0.312. The fourth-order valence-corrected chi connectivity index (χ4v) is 4.03. The van der Waals surface area contributed by atoms with Crippen molar-refractivity contribution >= 4 is 16.9 Å². The number of H-pyrrole nitrogens is 1. The lowest BCUT2D eigenvalue weighted by molar-refractivity contribution is 0.0982. The monoisotopic (exact) mass is 442 g/mol. The second-order valence-corrected chi connectivity index (χ2v) is 9.86. The number of aromatic nitrogens is 4. The first-order chi connectivity index (χ1) is 15.8. The number of fused-ring (bicyclic) bond motifs is 1. The number of pyridine rings is 2. The van der Waals surface area contributed by atoms with Crippen molar-refractivity contribution in [3.63, 3.8) is 0 Å². The second kappa shape index (κ2) is 8.18. The zero-order valence-electron chi connectivity index (χ0n) is 19.2. The van der Waals surface area contributed by atoms with Crippen LogP contribution in [0, 0.1) is 5.82 Å². The molecule has 0 saturated heterocycles. The summed E-state index contributed by atoms with van der Waals surface area (Å²) < 4.78 is 15.0. The van der Waals surface area contributed by atoms with Gasteiger partial charge < -0.3 is 4.98 Å². The molecule has 0 atom stereocenters. The number of aromatic amines is 1. The van der Waals surface area contributed by atoms with E-state index in [0.29, 0.717) is 29.1 Å². The first-order valence-corrected chi connectivity index (χ1v) is 11.4. The van der Waals surface area contributed by atoms with Gasteiger partial charge in [0.05, 0.1) is 5.52 Å². The van der Waals surface area contributed by atoms with Crippen LogP contribution in [0.1, 0.15) is 73.4 Å². The van der Waals surface area contributed by atoms with Crippen LogP contribution in [0.2, 0.25) is 0 Å². The highest BCUT2D eigenvalue weighted by molar-refractivity contribution is 5.96. The van der Waals surface area contributed by atoms with E-state index in [-0.39, 0.29) is 23.4 Å². The fraction of sp³-hybridized carbons (Fsp3) is 0.333. The molecule has 0 radical (unpaired) electrons. The lowest BCUT2D eigenvalue weighted by atomic mass is 9.91. The number of benzene rings is 1. The number of nitrogens with one attached hydrogen (secondary N) is 1. The van der Waals surface area contributed by atoms with E-state index in [2.05, 4.69) is 40.7 Å². The minimum Gasteiger partial charge on any atom is -0.340 e. The Kier molecular flexibility index (Phi) is 5.31. The molecule has 4 aromatic rings. The molecule has 1 aliphatic carbocycles. The van der Waals surface area contributed by atoms with Crippen molar-refractivity contribution in [1.29, 1.82) is 0 Å². The van der Waals surface area contributed by atoms with E-state index in [0.717, 1.165) is 41.0 Å². The van der Waals surface area contributed by atoms with Gasteiger partial charge in [-0.2, -0.15) is 0 Å². The number of nitrogens with zero attached hydrogens (tertiary/aromatic N) is 3. The fourth-order valence-electron chi connectivity index (χ4n) is 4.03. The molecule has 168 valence electrons. The third-order valence-electron chi connectivity index (χ3n) is 6.21. The van der Waals surface area contributed by atoms with Crippen molar-refractivity contribution < 1.29 is 9.18 Å². The summed E-state index contributed by atoms with van der Waals surface area (Å²) in [5.41, 5.74) is 5.11. The van der Waals surface area contributed by atoms with Gasteiger partial charge in [0.1, 0.15) is 11.6 Å². The largest absolute Gasteiger partial charge is 0.340 e. The summed E-state index contributed by atoms with van der Waals surface area (Å²) in [7, 11) is 0. The van der Waals surface area contributed by atoms with Crippen molar-refractivity contribution in [2.45, 2.75) is 57.8 Å².